The number of rotatable bonds is 6. The summed E-state index contributed by atoms with van der Waals surface area (Å²) in [5.41, 5.74) is 0.568. The number of nitrogens with zero attached hydrogens (tertiary/aromatic N) is 1. The molecule has 0 radical (unpaired) electrons. The van der Waals surface area contributed by atoms with E-state index < -0.39 is 0 Å². The largest absolute Gasteiger partial charge is 0.316 e. The molecule has 1 aliphatic carbocycles. The SMILES string of the molecule is CCNCC1(CN2CCC(C(C)C)C2)CCCCCC1. The minimum Gasteiger partial charge on any atom is -0.316 e. The predicted molar refractivity (Wildman–Crippen MR) is 88.1 cm³/mol. The third kappa shape index (κ3) is 4.46. The Kier molecular flexibility index (Phi) is 6.35. The van der Waals surface area contributed by atoms with Crippen LogP contribution in [0.15, 0.2) is 0 Å². The molecular weight excluding hydrogens is 244 g/mol. The maximum atomic E-state index is 3.67. The van der Waals surface area contributed by atoms with Crippen molar-refractivity contribution in [2.45, 2.75) is 65.7 Å². The Morgan fingerprint density at radius 3 is 2.40 bits per heavy atom. The zero-order valence-corrected chi connectivity index (χ0v) is 14.1. The van der Waals surface area contributed by atoms with Gasteiger partial charge in [-0.25, -0.2) is 0 Å². The number of hydrogen-bond acceptors (Lipinski definition) is 2. The van der Waals surface area contributed by atoms with Crippen molar-refractivity contribution in [3.8, 4) is 0 Å². The molecule has 0 spiro atoms. The molecule has 118 valence electrons. The lowest BCUT2D eigenvalue weighted by atomic mass is 9.79. The van der Waals surface area contributed by atoms with E-state index >= 15 is 0 Å². The zero-order chi connectivity index (χ0) is 14.4. The average molecular weight is 280 g/mol. The molecule has 0 aromatic carbocycles. The standard InChI is InChI=1S/C18H36N2/c1-4-19-14-18(10-7-5-6-8-11-18)15-20-12-9-17(13-20)16(2)3/h16-17,19H,4-15H2,1-3H3. The normalized spacial score (nSPS) is 27.9. The van der Waals surface area contributed by atoms with Crippen molar-refractivity contribution in [1.29, 1.82) is 0 Å². The van der Waals surface area contributed by atoms with Crippen LogP contribution < -0.4 is 5.32 Å². The van der Waals surface area contributed by atoms with Gasteiger partial charge in [0.2, 0.25) is 0 Å². The van der Waals surface area contributed by atoms with Gasteiger partial charge in [-0.1, -0.05) is 46.5 Å². The Hall–Kier alpha value is -0.0800. The molecule has 0 amide bonds. The van der Waals surface area contributed by atoms with Crippen molar-refractivity contribution in [2.24, 2.45) is 17.3 Å². The highest BCUT2D eigenvalue weighted by molar-refractivity contribution is 4.89. The fraction of sp³-hybridized carbons (Fsp3) is 1.00. The van der Waals surface area contributed by atoms with Gasteiger partial charge >= 0.3 is 0 Å². The predicted octanol–water partition coefficient (Wildman–Crippen LogP) is 3.91. The van der Waals surface area contributed by atoms with Crippen LogP contribution in [-0.2, 0) is 0 Å². The first-order valence-electron chi connectivity index (χ1n) is 9.08. The van der Waals surface area contributed by atoms with Crippen molar-refractivity contribution < 1.29 is 0 Å². The van der Waals surface area contributed by atoms with E-state index in [0.29, 0.717) is 5.41 Å². The lowest BCUT2D eigenvalue weighted by molar-refractivity contribution is 0.141. The lowest BCUT2D eigenvalue weighted by Gasteiger charge is -2.37. The molecule has 2 rings (SSSR count). The van der Waals surface area contributed by atoms with E-state index in [1.165, 1.54) is 71.1 Å². The summed E-state index contributed by atoms with van der Waals surface area (Å²) in [5, 5.41) is 3.67. The molecule has 20 heavy (non-hydrogen) atoms. The Morgan fingerprint density at radius 2 is 1.85 bits per heavy atom. The third-order valence-corrected chi connectivity index (χ3v) is 5.72. The minimum absolute atomic E-state index is 0.568. The van der Waals surface area contributed by atoms with Gasteiger partial charge in [-0.3, -0.25) is 0 Å². The Balaban J connectivity index is 1.93. The quantitative estimate of drug-likeness (QED) is 0.742. The second kappa shape index (κ2) is 7.79. The van der Waals surface area contributed by atoms with E-state index in [-0.39, 0.29) is 0 Å². The summed E-state index contributed by atoms with van der Waals surface area (Å²) >= 11 is 0. The van der Waals surface area contributed by atoms with Crippen LogP contribution in [0, 0.1) is 17.3 Å². The highest BCUT2D eigenvalue weighted by Crippen LogP contribution is 2.37. The second-order valence-corrected chi connectivity index (χ2v) is 7.72. The average Bonchev–Trinajstić information content (AvgIpc) is 2.77. The van der Waals surface area contributed by atoms with Gasteiger partial charge in [-0.15, -0.1) is 0 Å². The molecule has 1 aliphatic heterocycles. The van der Waals surface area contributed by atoms with Crippen molar-refractivity contribution in [3.63, 3.8) is 0 Å². The van der Waals surface area contributed by atoms with E-state index in [0.717, 1.165) is 18.4 Å². The molecule has 0 bridgehead atoms. The zero-order valence-electron chi connectivity index (χ0n) is 14.1. The smallest absolute Gasteiger partial charge is 0.00503 e. The minimum atomic E-state index is 0.568. The van der Waals surface area contributed by atoms with Gasteiger partial charge < -0.3 is 10.2 Å². The fourth-order valence-electron chi connectivity index (χ4n) is 4.28. The van der Waals surface area contributed by atoms with E-state index in [1.807, 2.05) is 0 Å². The van der Waals surface area contributed by atoms with Crippen LogP contribution in [0.1, 0.15) is 65.7 Å². The first-order valence-corrected chi connectivity index (χ1v) is 9.08. The summed E-state index contributed by atoms with van der Waals surface area (Å²) < 4.78 is 0. The van der Waals surface area contributed by atoms with E-state index in [4.69, 9.17) is 0 Å². The molecule has 2 aliphatic rings. The molecule has 0 aromatic rings. The van der Waals surface area contributed by atoms with Gasteiger partial charge in [0.1, 0.15) is 0 Å². The molecule has 1 unspecified atom stereocenters. The van der Waals surface area contributed by atoms with E-state index in [9.17, 15) is 0 Å². The first kappa shape index (κ1) is 16.3. The van der Waals surface area contributed by atoms with Gasteiger partial charge in [-0.2, -0.15) is 0 Å². The van der Waals surface area contributed by atoms with Crippen LogP contribution in [0.3, 0.4) is 0 Å². The molecule has 2 heteroatoms. The molecule has 1 saturated carbocycles. The van der Waals surface area contributed by atoms with Crippen molar-refractivity contribution in [3.05, 3.63) is 0 Å². The molecule has 0 aromatic heterocycles. The topological polar surface area (TPSA) is 15.3 Å². The van der Waals surface area contributed by atoms with Crippen LogP contribution in [0.2, 0.25) is 0 Å². The summed E-state index contributed by atoms with van der Waals surface area (Å²) in [6.45, 7) is 13.5. The molecule has 1 atom stereocenters. The lowest BCUT2D eigenvalue weighted by Crippen LogP contribution is -2.43. The highest BCUT2D eigenvalue weighted by atomic mass is 15.2. The van der Waals surface area contributed by atoms with Gasteiger partial charge in [0, 0.05) is 19.6 Å². The maximum absolute atomic E-state index is 3.67. The fourth-order valence-corrected chi connectivity index (χ4v) is 4.28. The van der Waals surface area contributed by atoms with E-state index in [1.54, 1.807) is 0 Å². The molecule has 1 N–H and O–H groups in total. The molecule has 2 fully saturated rings. The maximum Gasteiger partial charge on any atom is 0.00503 e. The summed E-state index contributed by atoms with van der Waals surface area (Å²) in [6, 6.07) is 0. The third-order valence-electron chi connectivity index (χ3n) is 5.72. The molecular formula is C18H36N2. The van der Waals surface area contributed by atoms with Crippen LogP contribution in [0.5, 0.6) is 0 Å². The summed E-state index contributed by atoms with van der Waals surface area (Å²) in [5.74, 6) is 1.80. The molecule has 1 saturated heterocycles. The van der Waals surface area contributed by atoms with Crippen molar-refractivity contribution in [1.82, 2.24) is 10.2 Å². The van der Waals surface area contributed by atoms with Crippen molar-refractivity contribution >= 4 is 0 Å². The number of likely N-dealkylation sites (tertiary alicyclic amines) is 1. The highest BCUT2D eigenvalue weighted by Gasteiger charge is 2.35. The van der Waals surface area contributed by atoms with Crippen LogP contribution in [0.4, 0.5) is 0 Å². The van der Waals surface area contributed by atoms with Crippen LogP contribution >= 0.6 is 0 Å². The van der Waals surface area contributed by atoms with Crippen LogP contribution in [0.25, 0.3) is 0 Å². The second-order valence-electron chi connectivity index (χ2n) is 7.72. The van der Waals surface area contributed by atoms with Crippen LogP contribution in [-0.4, -0.2) is 37.6 Å². The van der Waals surface area contributed by atoms with E-state index in [2.05, 4.69) is 31.0 Å². The molecule has 2 nitrogen and oxygen atoms in total. The van der Waals surface area contributed by atoms with Gasteiger partial charge in [0.15, 0.2) is 0 Å². The monoisotopic (exact) mass is 280 g/mol. The van der Waals surface area contributed by atoms with Gasteiger partial charge in [0.05, 0.1) is 0 Å². The van der Waals surface area contributed by atoms with Gasteiger partial charge in [0.25, 0.3) is 0 Å². The summed E-state index contributed by atoms with van der Waals surface area (Å²) in [6.07, 6.45) is 10.1. The van der Waals surface area contributed by atoms with Gasteiger partial charge in [-0.05, 0) is 49.6 Å². The number of hydrogen-bond donors (Lipinski definition) is 1. The number of nitrogens with one attached hydrogen (secondary N) is 1. The summed E-state index contributed by atoms with van der Waals surface area (Å²) in [4.78, 5) is 2.79. The Bertz CT molecular complexity index is 267. The molecule has 1 heterocycles. The Labute approximate surface area is 126 Å². The Morgan fingerprint density at radius 1 is 1.15 bits per heavy atom. The summed E-state index contributed by atoms with van der Waals surface area (Å²) in [7, 11) is 0. The van der Waals surface area contributed by atoms with Crippen molar-refractivity contribution in [2.75, 3.05) is 32.7 Å². The first-order chi connectivity index (χ1) is 9.65.